The maximum atomic E-state index is 13.3. The number of benzene rings is 1. The van der Waals surface area contributed by atoms with E-state index >= 15 is 0 Å². The number of nitrogens with zero attached hydrogens (tertiary/aromatic N) is 1. The Hall–Kier alpha value is -1.13. The van der Waals surface area contributed by atoms with Crippen molar-refractivity contribution < 1.29 is 9.32 Å². The van der Waals surface area contributed by atoms with Crippen molar-refractivity contribution in [3.63, 3.8) is 0 Å². The van der Waals surface area contributed by atoms with E-state index in [1.807, 2.05) is 63.3 Å². The number of hydrogen-bond acceptors (Lipinski definition) is 3. The van der Waals surface area contributed by atoms with E-state index in [-0.39, 0.29) is 5.92 Å². The zero-order valence-corrected chi connectivity index (χ0v) is 13.5. The van der Waals surface area contributed by atoms with Crippen molar-refractivity contribution in [3.05, 3.63) is 42.5 Å². The van der Waals surface area contributed by atoms with Crippen LogP contribution < -0.4 is 0 Å². The number of aliphatic hydroxyl groups is 1. The normalized spacial score (nSPS) is 17.9. The van der Waals surface area contributed by atoms with Crippen LogP contribution in [0.2, 0.25) is 0 Å². The Morgan fingerprint density at radius 1 is 1.30 bits per heavy atom. The predicted octanol–water partition coefficient (Wildman–Crippen LogP) is 3.50. The third-order valence-corrected chi connectivity index (χ3v) is 5.97. The summed E-state index contributed by atoms with van der Waals surface area (Å²) in [6, 6.07) is 9.21. The Morgan fingerprint density at radius 2 is 1.90 bits per heavy atom. The lowest BCUT2D eigenvalue weighted by Gasteiger charge is -2.26. The molecule has 0 radical (unpaired) electrons. The first-order valence-electron chi connectivity index (χ1n) is 7.01. The van der Waals surface area contributed by atoms with E-state index < -0.39 is 21.1 Å². The molecule has 0 aliphatic heterocycles. The van der Waals surface area contributed by atoms with Crippen molar-refractivity contribution in [2.75, 3.05) is 7.05 Å². The fourth-order valence-corrected chi connectivity index (χ4v) is 4.39. The third kappa shape index (κ3) is 3.70. The van der Waals surface area contributed by atoms with Gasteiger partial charge in [0.1, 0.15) is 0 Å². The van der Waals surface area contributed by atoms with E-state index in [2.05, 4.69) is 4.36 Å². The van der Waals surface area contributed by atoms with Crippen LogP contribution in [0.4, 0.5) is 0 Å². The summed E-state index contributed by atoms with van der Waals surface area (Å²) in [7, 11) is -1.11. The second-order valence-corrected chi connectivity index (χ2v) is 7.62. The van der Waals surface area contributed by atoms with Crippen LogP contribution >= 0.6 is 0 Å². The predicted molar refractivity (Wildman–Crippen MR) is 85.3 cm³/mol. The van der Waals surface area contributed by atoms with Crippen LogP contribution in [-0.4, -0.2) is 27.7 Å². The monoisotopic (exact) mass is 295 g/mol. The SMILES string of the molecule is CC/C=C\[C@H]([C@H](O)C(C)C)[S@](=O)(=NC)c1ccccc1. The summed E-state index contributed by atoms with van der Waals surface area (Å²) in [5, 5.41) is 9.96. The first kappa shape index (κ1) is 16.9. The fraction of sp³-hybridized carbons (Fsp3) is 0.500. The van der Waals surface area contributed by atoms with Gasteiger partial charge in [-0.2, -0.15) is 0 Å². The molecule has 0 spiro atoms. The number of rotatable bonds is 6. The van der Waals surface area contributed by atoms with E-state index in [0.717, 1.165) is 6.42 Å². The van der Waals surface area contributed by atoms with Gasteiger partial charge < -0.3 is 5.11 Å². The first-order chi connectivity index (χ1) is 9.47. The number of hydrogen-bond donors (Lipinski definition) is 1. The van der Waals surface area contributed by atoms with Gasteiger partial charge in [0.05, 0.1) is 21.1 Å². The lowest BCUT2D eigenvalue weighted by atomic mass is 10.0. The Labute approximate surface area is 122 Å². The zero-order chi connectivity index (χ0) is 15.2. The van der Waals surface area contributed by atoms with Gasteiger partial charge in [-0.25, -0.2) is 8.57 Å². The summed E-state index contributed by atoms with van der Waals surface area (Å²) in [5.41, 5.74) is 0. The molecule has 0 aliphatic rings. The molecule has 1 rings (SSSR count). The Bertz CT molecular complexity index is 543. The quantitative estimate of drug-likeness (QED) is 0.817. The minimum Gasteiger partial charge on any atom is -0.391 e. The van der Waals surface area contributed by atoms with Crippen LogP contribution in [0.5, 0.6) is 0 Å². The smallest absolute Gasteiger partial charge is 0.0916 e. The highest BCUT2D eigenvalue weighted by Gasteiger charge is 2.31. The first-order valence-corrected chi connectivity index (χ1v) is 8.59. The highest BCUT2D eigenvalue weighted by molar-refractivity contribution is 7.94. The second kappa shape index (κ2) is 7.60. The van der Waals surface area contributed by atoms with Gasteiger partial charge >= 0.3 is 0 Å². The Morgan fingerprint density at radius 3 is 2.35 bits per heavy atom. The van der Waals surface area contributed by atoms with Gasteiger partial charge in [0.15, 0.2) is 0 Å². The van der Waals surface area contributed by atoms with Crippen molar-refractivity contribution in [1.82, 2.24) is 0 Å². The van der Waals surface area contributed by atoms with Crippen LogP contribution in [0.3, 0.4) is 0 Å². The third-order valence-electron chi connectivity index (χ3n) is 3.30. The van der Waals surface area contributed by atoms with Gasteiger partial charge in [-0.15, -0.1) is 0 Å². The highest BCUT2D eigenvalue weighted by Crippen LogP contribution is 2.25. The van der Waals surface area contributed by atoms with Gasteiger partial charge in [0.25, 0.3) is 0 Å². The molecular weight excluding hydrogens is 270 g/mol. The molecule has 4 heteroatoms. The molecule has 0 amide bonds. The molecule has 112 valence electrons. The van der Waals surface area contributed by atoms with Crippen LogP contribution in [0.1, 0.15) is 27.2 Å². The average Bonchev–Trinajstić information content (AvgIpc) is 2.47. The van der Waals surface area contributed by atoms with Crippen LogP contribution in [0.15, 0.2) is 51.7 Å². The highest BCUT2D eigenvalue weighted by atomic mass is 32.2. The fourth-order valence-electron chi connectivity index (χ4n) is 2.06. The topological polar surface area (TPSA) is 49.7 Å². The van der Waals surface area contributed by atoms with E-state index in [4.69, 9.17) is 0 Å². The van der Waals surface area contributed by atoms with Crippen LogP contribution in [-0.2, 0) is 9.73 Å². The van der Waals surface area contributed by atoms with E-state index in [0.29, 0.717) is 4.90 Å². The largest absolute Gasteiger partial charge is 0.391 e. The summed E-state index contributed by atoms with van der Waals surface area (Å²) in [6.45, 7) is 5.87. The number of allylic oxidation sites excluding steroid dienone is 1. The van der Waals surface area contributed by atoms with E-state index in [1.165, 1.54) is 0 Å². The molecule has 0 saturated heterocycles. The molecule has 0 aromatic heterocycles. The standard InChI is InChI=1S/C16H25NO2S/c1-5-6-12-15(16(18)13(2)3)20(19,17-4)14-10-8-7-9-11-14/h6-13,15-16,18H,5H2,1-4H3/b12-6-/t15-,16-,20+/m1/s1. The Balaban J connectivity index is 3.36. The van der Waals surface area contributed by atoms with Gasteiger partial charge in [-0.3, -0.25) is 0 Å². The molecule has 0 bridgehead atoms. The molecule has 1 aromatic carbocycles. The molecule has 0 heterocycles. The molecule has 0 aliphatic carbocycles. The minimum atomic E-state index is -2.67. The minimum absolute atomic E-state index is 0.0211. The van der Waals surface area contributed by atoms with Gasteiger partial charge in [-0.1, -0.05) is 51.1 Å². The van der Waals surface area contributed by atoms with Crippen molar-refractivity contribution >= 4 is 9.73 Å². The molecule has 0 unspecified atom stereocenters. The summed E-state index contributed by atoms with van der Waals surface area (Å²) in [6.07, 6.45) is 3.96. The molecule has 1 N–H and O–H groups in total. The summed E-state index contributed by atoms with van der Waals surface area (Å²) in [5.74, 6) is 0.0211. The van der Waals surface area contributed by atoms with E-state index in [1.54, 1.807) is 7.05 Å². The lowest BCUT2D eigenvalue weighted by Crippen LogP contribution is -2.36. The van der Waals surface area contributed by atoms with Crippen molar-refractivity contribution in [2.45, 2.75) is 43.4 Å². The Kier molecular flexibility index (Phi) is 6.43. The number of aliphatic hydroxyl groups excluding tert-OH is 1. The van der Waals surface area contributed by atoms with Crippen molar-refractivity contribution in [1.29, 1.82) is 0 Å². The molecule has 20 heavy (non-hydrogen) atoms. The maximum absolute atomic E-state index is 13.3. The second-order valence-electron chi connectivity index (χ2n) is 5.10. The zero-order valence-electron chi connectivity index (χ0n) is 12.7. The van der Waals surface area contributed by atoms with Crippen molar-refractivity contribution in [3.8, 4) is 0 Å². The average molecular weight is 295 g/mol. The molecule has 0 saturated carbocycles. The van der Waals surface area contributed by atoms with Gasteiger partial charge in [0.2, 0.25) is 0 Å². The lowest BCUT2D eigenvalue weighted by molar-refractivity contribution is 0.131. The van der Waals surface area contributed by atoms with Crippen molar-refractivity contribution in [2.24, 2.45) is 10.3 Å². The van der Waals surface area contributed by atoms with Crippen LogP contribution in [0, 0.1) is 5.92 Å². The molecular formula is C16H25NO2S. The van der Waals surface area contributed by atoms with Crippen LogP contribution in [0.25, 0.3) is 0 Å². The van der Waals surface area contributed by atoms with Gasteiger partial charge in [0, 0.05) is 11.9 Å². The molecule has 0 fully saturated rings. The molecule has 1 aromatic rings. The molecule has 3 nitrogen and oxygen atoms in total. The molecule has 3 atom stereocenters. The summed E-state index contributed by atoms with van der Waals surface area (Å²) in [4.78, 5) is 0.674. The van der Waals surface area contributed by atoms with E-state index in [9.17, 15) is 9.32 Å². The maximum Gasteiger partial charge on any atom is 0.0916 e. The van der Waals surface area contributed by atoms with Gasteiger partial charge in [-0.05, 0) is 24.5 Å². The summed E-state index contributed by atoms with van der Waals surface area (Å²) >= 11 is 0. The summed E-state index contributed by atoms with van der Waals surface area (Å²) < 4.78 is 17.5.